The van der Waals surface area contributed by atoms with Crippen molar-refractivity contribution in [2.24, 2.45) is 0 Å². The highest BCUT2D eigenvalue weighted by Gasteiger charge is 2.09. The van der Waals surface area contributed by atoms with E-state index in [0.717, 1.165) is 11.1 Å². The monoisotopic (exact) mass is 305 g/mol. The van der Waals surface area contributed by atoms with Gasteiger partial charge in [-0.1, -0.05) is 29.3 Å². The van der Waals surface area contributed by atoms with Gasteiger partial charge < -0.3 is 15.2 Å². The molecule has 0 radical (unpaired) electrons. The van der Waals surface area contributed by atoms with Crippen molar-refractivity contribution in [3.8, 4) is 5.75 Å². The molecule has 0 fully saturated rings. The van der Waals surface area contributed by atoms with Gasteiger partial charge in [0.25, 0.3) is 0 Å². The van der Waals surface area contributed by atoms with E-state index >= 15 is 0 Å². The van der Waals surface area contributed by atoms with E-state index in [2.05, 4.69) is 10.1 Å². The van der Waals surface area contributed by atoms with Gasteiger partial charge in [-0.25, -0.2) is 4.79 Å². The highest BCUT2D eigenvalue weighted by Crippen LogP contribution is 2.26. The second-order valence-electron chi connectivity index (χ2n) is 4.67. The van der Waals surface area contributed by atoms with Crippen molar-refractivity contribution in [3.05, 3.63) is 58.1 Å². The molecule has 0 heterocycles. The third kappa shape index (κ3) is 3.67. The van der Waals surface area contributed by atoms with E-state index in [1.807, 2.05) is 19.1 Å². The van der Waals surface area contributed by atoms with Gasteiger partial charge in [0.05, 0.1) is 23.4 Å². The molecule has 2 aromatic carbocycles. The normalized spacial score (nSPS) is 10.2. The maximum atomic E-state index is 11.5. The summed E-state index contributed by atoms with van der Waals surface area (Å²) in [6, 6.07) is 10.2. The number of hydrogen-bond donors (Lipinski definition) is 2. The smallest absolute Gasteiger partial charge is 0.337 e. The van der Waals surface area contributed by atoms with Gasteiger partial charge >= 0.3 is 5.97 Å². The number of benzene rings is 2. The van der Waals surface area contributed by atoms with E-state index in [9.17, 15) is 9.90 Å². The predicted molar refractivity (Wildman–Crippen MR) is 83.0 cm³/mol. The number of carbonyl (C=O) groups is 1. The van der Waals surface area contributed by atoms with E-state index < -0.39 is 5.97 Å². The van der Waals surface area contributed by atoms with Crippen LogP contribution in [0.25, 0.3) is 0 Å². The van der Waals surface area contributed by atoms with Gasteiger partial charge in [-0.15, -0.1) is 0 Å². The van der Waals surface area contributed by atoms with Crippen molar-refractivity contribution in [2.75, 3.05) is 12.4 Å². The number of aryl methyl sites for hydroxylation is 1. The van der Waals surface area contributed by atoms with Crippen molar-refractivity contribution >= 4 is 23.3 Å². The number of halogens is 1. The summed E-state index contributed by atoms with van der Waals surface area (Å²) >= 11 is 6.10. The molecule has 5 heteroatoms. The molecule has 2 N–H and O–H groups in total. The number of methoxy groups -OCH3 is 1. The fourth-order valence-electron chi connectivity index (χ4n) is 1.95. The first-order valence-electron chi connectivity index (χ1n) is 6.41. The Morgan fingerprint density at radius 1 is 1.29 bits per heavy atom. The van der Waals surface area contributed by atoms with Crippen LogP contribution in [0.15, 0.2) is 36.4 Å². The van der Waals surface area contributed by atoms with Crippen LogP contribution in [-0.2, 0) is 11.3 Å². The number of esters is 1. The number of hydrogen-bond acceptors (Lipinski definition) is 4. The molecule has 4 nitrogen and oxygen atoms in total. The number of rotatable bonds is 4. The summed E-state index contributed by atoms with van der Waals surface area (Å²) < 4.78 is 4.68. The summed E-state index contributed by atoms with van der Waals surface area (Å²) in [5.74, 6) is -0.207. The molecule has 0 aliphatic rings. The van der Waals surface area contributed by atoms with Crippen LogP contribution < -0.4 is 5.32 Å². The third-order valence-corrected chi connectivity index (χ3v) is 3.42. The van der Waals surface area contributed by atoms with E-state index in [-0.39, 0.29) is 5.75 Å². The van der Waals surface area contributed by atoms with E-state index in [1.54, 1.807) is 24.3 Å². The highest BCUT2D eigenvalue weighted by atomic mass is 35.5. The Hall–Kier alpha value is -2.20. The molecule has 0 amide bonds. The SMILES string of the molecule is COC(=O)c1ccc(Cl)c(NCc2cc(C)ccc2O)c1. The maximum Gasteiger partial charge on any atom is 0.337 e. The zero-order chi connectivity index (χ0) is 15.4. The van der Waals surface area contributed by atoms with Crippen molar-refractivity contribution in [1.29, 1.82) is 0 Å². The summed E-state index contributed by atoms with van der Waals surface area (Å²) in [7, 11) is 1.33. The molecule has 110 valence electrons. The van der Waals surface area contributed by atoms with Crippen LogP contribution in [0.3, 0.4) is 0 Å². The predicted octanol–water partition coefficient (Wildman–Crippen LogP) is 3.75. The van der Waals surface area contributed by atoms with Crippen molar-refractivity contribution in [3.63, 3.8) is 0 Å². The lowest BCUT2D eigenvalue weighted by atomic mass is 10.1. The summed E-state index contributed by atoms with van der Waals surface area (Å²) in [6.45, 7) is 2.35. The summed E-state index contributed by atoms with van der Waals surface area (Å²) in [6.07, 6.45) is 0. The van der Waals surface area contributed by atoms with E-state index in [4.69, 9.17) is 11.6 Å². The molecule has 0 aromatic heterocycles. The number of phenolic OH excluding ortho intramolecular Hbond substituents is 1. The van der Waals surface area contributed by atoms with Crippen LogP contribution in [0.2, 0.25) is 5.02 Å². The molecule has 0 saturated carbocycles. The molecule has 0 spiro atoms. The van der Waals surface area contributed by atoms with Crippen molar-refractivity contribution in [2.45, 2.75) is 13.5 Å². The number of aromatic hydroxyl groups is 1. The Labute approximate surface area is 128 Å². The lowest BCUT2D eigenvalue weighted by Gasteiger charge is -2.11. The van der Waals surface area contributed by atoms with Gasteiger partial charge in [0.1, 0.15) is 5.75 Å². The molecule has 2 aromatic rings. The van der Waals surface area contributed by atoms with Crippen molar-refractivity contribution < 1.29 is 14.6 Å². The van der Waals surface area contributed by atoms with Gasteiger partial charge in [0.15, 0.2) is 0 Å². The number of nitrogens with one attached hydrogen (secondary N) is 1. The Balaban J connectivity index is 2.19. The average Bonchev–Trinajstić information content (AvgIpc) is 2.48. The molecular formula is C16H16ClNO3. The first kappa shape index (κ1) is 15.2. The number of carbonyl (C=O) groups excluding carboxylic acids is 1. The minimum Gasteiger partial charge on any atom is -0.508 e. The lowest BCUT2D eigenvalue weighted by Crippen LogP contribution is -2.05. The maximum absolute atomic E-state index is 11.5. The van der Waals surface area contributed by atoms with Gasteiger partial charge in [-0.05, 0) is 31.2 Å². The van der Waals surface area contributed by atoms with Crippen LogP contribution >= 0.6 is 11.6 Å². The van der Waals surface area contributed by atoms with Gasteiger partial charge in [0, 0.05) is 12.1 Å². The Bertz CT molecular complexity index is 671. The molecular weight excluding hydrogens is 290 g/mol. The third-order valence-electron chi connectivity index (χ3n) is 3.09. The Morgan fingerprint density at radius 3 is 2.76 bits per heavy atom. The molecule has 21 heavy (non-hydrogen) atoms. The van der Waals surface area contributed by atoms with E-state index in [0.29, 0.717) is 22.8 Å². The number of anilines is 1. The molecule has 0 saturated heterocycles. The molecule has 0 unspecified atom stereocenters. The first-order valence-corrected chi connectivity index (χ1v) is 6.79. The fourth-order valence-corrected chi connectivity index (χ4v) is 2.14. The largest absolute Gasteiger partial charge is 0.508 e. The van der Waals surface area contributed by atoms with Gasteiger partial charge in [-0.3, -0.25) is 0 Å². The summed E-state index contributed by atoms with van der Waals surface area (Å²) in [4.78, 5) is 11.5. The zero-order valence-electron chi connectivity index (χ0n) is 11.8. The van der Waals surface area contributed by atoms with Gasteiger partial charge in [-0.2, -0.15) is 0 Å². The van der Waals surface area contributed by atoms with Gasteiger partial charge in [0.2, 0.25) is 0 Å². The minimum absolute atomic E-state index is 0.216. The molecule has 0 atom stereocenters. The van der Waals surface area contributed by atoms with Crippen molar-refractivity contribution in [1.82, 2.24) is 0 Å². The van der Waals surface area contributed by atoms with Crippen LogP contribution in [0.4, 0.5) is 5.69 Å². The second kappa shape index (κ2) is 6.50. The molecule has 2 rings (SSSR count). The number of ether oxygens (including phenoxy) is 1. The van der Waals surface area contributed by atoms with Crippen LogP contribution in [0, 0.1) is 6.92 Å². The highest BCUT2D eigenvalue weighted by molar-refractivity contribution is 6.33. The van der Waals surface area contributed by atoms with Crippen LogP contribution in [0.5, 0.6) is 5.75 Å². The molecule has 0 aliphatic heterocycles. The molecule has 0 aliphatic carbocycles. The summed E-state index contributed by atoms with van der Waals surface area (Å²) in [5.41, 5.74) is 2.84. The molecule has 0 bridgehead atoms. The fraction of sp³-hybridized carbons (Fsp3) is 0.188. The average molecular weight is 306 g/mol. The lowest BCUT2D eigenvalue weighted by molar-refractivity contribution is 0.0601. The quantitative estimate of drug-likeness (QED) is 0.845. The number of phenols is 1. The summed E-state index contributed by atoms with van der Waals surface area (Å²) in [5, 5.41) is 13.4. The topological polar surface area (TPSA) is 58.6 Å². The second-order valence-corrected chi connectivity index (χ2v) is 5.08. The van der Waals surface area contributed by atoms with E-state index in [1.165, 1.54) is 7.11 Å². The van der Waals surface area contributed by atoms with Crippen LogP contribution in [-0.4, -0.2) is 18.2 Å². The zero-order valence-corrected chi connectivity index (χ0v) is 12.6. The first-order chi connectivity index (χ1) is 10.0. The van der Waals surface area contributed by atoms with Crippen LogP contribution in [0.1, 0.15) is 21.5 Å². The Morgan fingerprint density at radius 2 is 2.05 bits per heavy atom. The minimum atomic E-state index is -0.423. The standard InChI is InChI=1S/C16H16ClNO3/c1-10-3-6-15(19)12(7-10)9-18-14-8-11(16(20)21-2)4-5-13(14)17/h3-8,18-19H,9H2,1-2H3. The Kier molecular flexibility index (Phi) is 4.70.